The average Bonchev–Trinajstić information content (AvgIpc) is 2.37. The summed E-state index contributed by atoms with van der Waals surface area (Å²) in [7, 11) is 5.54. The lowest BCUT2D eigenvalue weighted by Crippen LogP contribution is -2.54. The van der Waals surface area contributed by atoms with E-state index in [2.05, 4.69) is 39.0 Å². The lowest BCUT2D eigenvalue weighted by atomic mass is 9.75. The molecule has 0 atom stereocenters. The zero-order valence-electron chi connectivity index (χ0n) is 11.6. The van der Waals surface area contributed by atoms with Gasteiger partial charge >= 0.3 is 5.97 Å². The third-order valence-corrected chi connectivity index (χ3v) is 3.88. The zero-order chi connectivity index (χ0) is 13.9. The third-order valence-electron chi connectivity index (χ3n) is 3.88. The first-order valence-corrected chi connectivity index (χ1v) is 6.39. The minimum atomic E-state index is -0.470. The molecule has 6 heteroatoms. The highest BCUT2D eigenvalue weighted by Gasteiger charge is 2.38. The van der Waals surface area contributed by atoms with E-state index in [1.807, 2.05) is 0 Å². The quantitative estimate of drug-likeness (QED) is 0.805. The minimum absolute atomic E-state index is 0.221. The first-order chi connectivity index (χ1) is 9.07. The largest absolute Gasteiger partial charge is 0.464 e. The number of anilines is 1. The van der Waals surface area contributed by atoms with E-state index < -0.39 is 5.97 Å². The second kappa shape index (κ2) is 5.52. The van der Waals surface area contributed by atoms with Crippen LogP contribution in [0.4, 0.5) is 5.82 Å². The first kappa shape index (κ1) is 13.7. The Morgan fingerprint density at radius 2 is 2.16 bits per heavy atom. The average molecular weight is 264 g/mol. The number of esters is 1. The second-order valence-electron chi connectivity index (χ2n) is 5.10. The first-order valence-electron chi connectivity index (χ1n) is 6.39. The Morgan fingerprint density at radius 1 is 1.42 bits per heavy atom. The highest BCUT2D eigenvalue weighted by molar-refractivity contribution is 5.86. The fourth-order valence-corrected chi connectivity index (χ4v) is 2.25. The third kappa shape index (κ3) is 2.84. The van der Waals surface area contributed by atoms with Crippen LogP contribution in [0.2, 0.25) is 0 Å². The van der Waals surface area contributed by atoms with Crippen LogP contribution < -0.4 is 5.32 Å². The molecule has 2 rings (SSSR count). The lowest BCUT2D eigenvalue weighted by molar-refractivity contribution is 0.0593. The van der Waals surface area contributed by atoms with Crippen LogP contribution >= 0.6 is 0 Å². The van der Waals surface area contributed by atoms with Gasteiger partial charge in [0, 0.05) is 12.1 Å². The molecule has 19 heavy (non-hydrogen) atoms. The molecule has 0 spiro atoms. The van der Waals surface area contributed by atoms with E-state index in [1.54, 1.807) is 6.20 Å². The molecule has 1 saturated carbocycles. The van der Waals surface area contributed by atoms with Crippen LogP contribution in [-0.4, -0.2) is 54.1 Å². The Hall–Kier alpha value is -1.69. The van der Waals surface area contributed by atoms with Crippen molar-refractivity contribution in [2.45, 2.75) is 24.8 Å². The normalized spacial score (nSPS) is 16.8. The predicted molar refractivity (Wildman–Crippen MR) is 72.1 cm³/mol. The van der Waals surface area contributed by atoms with Gasteiger partial charge in [-0.3, -0.25) is 0 Å². The van der Waals surface area contributed by atoms with Crippen molar-refractivity contribution in [1.82, 2.24) is 14.9 Å². The standard InChI is InChI=1S/C13H20N4O2/c1-17(2)13(5-4-6-13)9-16-11-8-14-10(7-15-11)12(18)19-3/h7-8H,4-6,9H2,1-3H3,(H,15,16). The molecule has 1 aromatic heterocycles. The molecule has 104 valence electrons. The van der Waals surface area contributed by atoms with Crippen LogP contribution in [0.25, 0.3) is 0 Å². The summed E-state index contributed by atoms with van der Waals surface area (Å²) in [6.07, 6.45) is 6.65. The monoisotopic (exact) mass is 264 g/mol. The Bertz CT molecular complexity index is 440. The molecule has 0 unspecified atom stereocenters. The maximum absolute atomic E-state index is 11.2. The van der Waals surface area contributed by atoms with Crippen LogP contribution in [-0.2, 0) is 4.74 Å². The molecule has 0 aromatic carbocycles. The van der Waals surface area contributed by atoms with Gasteiger partial charge in [0.15, 0.2) is 5.69 Å². The van der Waals surface area contributed by atoms with Crippen molar-refractivity contribution in [3.05, 3.63) is 18.1 Å². The summed E-state index contributed by atoms with van der Waals surface area (Å²) < 4.78 is 4.58. The lowest BCUT2D eigenvalue weighted by Gasteiger charge is -2.47. The van der Waals surface area contributed by atoms with Crippen LogP contribution in [0.3, 0.4) is 0 Å². The Morgan fingerprint density at radius 3 is 2.58 bits per heavy atom. The molecule has 6 nitrogen and oxygen atoms in total. The molecule has 1 aromatic rings. The summed E-state index contributed by atoms with van der Waals surface area (Å²) in [6, 6.07) is 0. The van der Waals surface area contributed by atoms with Crippen LogP contribution in [0.1, 0.15) is 29.8 Å². The van der Waals surface area contributed by atoms with Gasteiger partial charge < -0.3 is 15.0 Å². The highest BCUT2D eigenvalue weighted by Crippen LogP contribution is 2.36. The van der Waals surface area contributed by atoms with E-state index in [4.69, 9.17) is 0 Å². The summed E-state index contributed by atoms with van der Waals surface area (Å²) >= 11 is 0. The van der Waals surface area contributed by atoms with Gasteiger partial charge in [0.25, 0.3) is 0 Å². The molecule has 1 heterocycles. The summed E-state index contributed by atoms with van der Waals surface area (Å²) in [4.78, 5) is 21.7. The van der Waals surface area contributed by atoms with Crippen molar-refractivity contribution in [3.63, 3.8) is 0 Å². The van der Waals surface area contributed by atoms with Crippen molar-refractivity contribution in [3.8, 4) is 0 Å². The summed E-state index contributed by atoms with van der Waals surface area (Å²) in [5.74, 6) is 0.212. The molecule has 0 aliphatic heterocycles. The summed E-state index contributed by atoms with van der Waals surface area (Å²) in [5.41, 5.74) is 0.446. The number of nitrogens with zero attached hydrogens (tertiary/aromatic N) is 3. The fraction of sp³-hybridized carbons (Fsp3) is 0.615. The van der Waals surface area contributed by atoms with Gasteiger partial charge in [-0.05, 0) is 33.4 Å². The van der Waals surface area contributed by atoms with E-state index >= 15 is 0 Å². The molecule has 1 fully saturated rings. The zero-order valence-corrected chi connectivity index (χ0v) is 11.6. The van der Waals surface area contributed by atoms with E-state index in [0.717, 1.165) is 6.54 Å². The van der Waals surface area contributed by atoms with Crippen molar-refractivity contribution >= 4 is 11.8 Å². The number of ether oxygens (including phenoxy) is 1. The SMILES string of the molecule is COC(=O)c1cnc(NCC2(N(C)C)CCC2)cn1. The molecule has 1 N–H and O–H groups in total. The van der Waals surface area contributed by atoms with Crippen molar-refractivity contribution in [1.29, 1.82) is 0 Å². The van der Waals surface area contributed by atoms with Crippen molar-refractivity contribution < 1.29 is 9.53 Å². The minimum Gasteiger partial charge on any atom is -0.464 e. The van der Waals surface area contributed by atoms with Gasteiger partial charge in [0.1, 0.15) is 5.82 Å². The van der Waals surface area contributed by atoms with E-state index in [1.165, 1.54) is 32.6 Å². The number of carbonyl (C=O) groups excluding carboxylic acids is 1. The number of rotatable bonds is 5. The van der Waals surface area contributed by atoms with Gasteiger partial charge in [-0.2, -0.15) is 0 Å². The van der Waals surface area contributed by atoms with E-state index in [9.17, 15) is 4.79 Å². The molecule has 0 amide bonds. The maximum atomic E-state index is 11.2. The highest BCUT2D eigenvalue weighted by atomic mass is 16.5. The molecule has 0 bridgehead atoms. The van der Waals surface area contributed by atoms with Gasteiger partial charge in [0.2, 0.25) is 0 Å². The number of methoxy groups -OCH3 is 1. The Balaban J connectivity index is 1.95. The molecular weight excluding hydrogens is 244 g/mol. The molecule has 0 saturated heterocycles. The van der Waals surface area contributed by atoms with Crippen LogP contribution in [0, 0.1) is 0 Å². The number of hydrogen-bond acceptors (Lipinski definition) is 6. The number of nitrogens with one attached hydrogen (secondary N) is 1. The number of aromatic nitrogens is 2. The molecule has 1 aliphatic carbocycles. The van der Waals surface area contributed by atoms with Gasteiger partial charge in [-0.25, -0.2) is 14.8 Å². The summed E-state index contributed by atoms with van der Waals surface area (Å²) in [5, 5.41) is 3.29. The second-order valence-corrected chi connectivity index (χ2v) is 5.10. The smallest absolute Gasteiger partial charge is 0.358 e. The predicted octanol–water partition coefficient (Wildman–Crippen LogP) is 1.16. The maximum Gasteiger partial charge on any atom is 0.358 e. The molecular formula is C13H20N4O2. The Labute approximate surface area is 113 Å². The molecule has 1 aliphatic rings. The fourth-order valence-electron chi connectivity index (χ4n) is 2.25. The van der Waals surface area contributed by atoms with Crippen LogP contribution in [0.5, 0.6) is 0 Å². The number of carbonyl (C=O) groups is 1. The van der Waals surface area contributed by atoms with Gasteiger partial charge in [0.05, 0.1) is 19.5 Å². The van der Waals surface area contributed by atoms with Gasteiger partial charge in [-0.15, -0.1) is 0 Å². The number of likely N-dealkylation sites (N-methyl/N-ethyl adjacent to an activating group) is 1. The topological polar surface area (TPSA) is 67.3 Å². The molecule has 0 radical (unpaired) electrons. The van der Waals surface area contributed by atoms with E-state index in [-0.39, 0.29) is 11.2 Å². The van der Waals surface area contributed by atoms with Gasteiger partial charge in [-0.1, -0.05) is 0 Å². The Kier molecular flexibility index (Phi) is 3.99. The van der Waals surface area contributed by atoms with E-state index in [0.29, 0.717) is 5.82 Å². The van der Waals surface area contributed by atoms with Crippen molar-refractivity contribution in [2.75, 3.05) is 33.1 Å². The van der Waals surface area contributed by atoms with Crippen LogP contribution in [0.15, 0.2) is 12.4 Å². The van der Waals surface area contributed by atoms with Crippen molar-refractivity contribution in [2.24, 2.45) is 0 Å². The summed E-state index contributed by atoms with van der Waals surface area (Å²) in [6.45, 7) is 0.840. The number of hydrogen-bond donors (Lipinski definition) is 1.